The van der Waals surface area contributed by atoms with Crippen molar-refractivity contribution in [2.75, 3.05) is 0 Å². The first-order valence-corrected chi connectivity index (χ1v) is 6.35. The van der Waals surface area contributed by atoms with Crippen LogP contribution in [0.2, 0.25) is 5.02 Å². The van der Waals surface area contributed by atoms with E-state index in [2.05, 4.69) is 11.1 Å². The van der Waals surface area contributed by atoms with E-state index in [1.54, 1.807) is 30.6 Å². The van der Waals surface area contributed by atoms with Crippen LogP contribution in [0.25, 0.3) is 10.6 Å². The zero-order valence-electron chi connectivity index (χ0n) is 10.2. The zero-order valence-corrected chi connectivity index (χ0v) is 11.7. The first-order chi connectivity index (χ1) is 9.11. The van der Waals surface area contributed by atoms with Gasteiger partial charge in [0.2, 0.25) is 0 Å². The standard InChI is InChI=1S/C15H10Cl2N2/c1-10-6-12(8-13(16)7-10)15(17)14(9-18)11-2-4-19-5-3-11/h2-8H,1H3/b15-14+. The van der Waals surface area contributed by atoms with Crippen molar-refractivity contribution in [1.29, 1.82) is 5.26 Å². The number of nitriles is 1. The van der Waals surface area contributed by atoms with E-state index in [1.807, 2.05) is 19.1 Å². The van der Waals surface area contributed by atoms with Crippen molar-refractivity contribution in [3.63, 3.8) is 0 Å². The van der Waals surface area contributed by atoms with Crippen molar-refractivity contribution < 1.29 is 0 Å². The number of hydrogen-bond acceptors (Lipinski definition) is 2. The minimum Gasteiger partial charge on any atom is -0.265 e. The molecule has 0 saturated carbocycles. The second-order valence-corrected chi connectivity index (χ2v) is 4.87. The average Bonchev–Trinajstić information content (AvgIpc) is 2.39. The molecule has 0 bridgehead atoms. The highest BCUT2D eigenvalue weighted by atomic mass is 35.5. The molecule has 0 radical (unpaired) electrons. The molecule has 0 fully saturated rings. The lowest BCUT2D eigenvalue weighted by atomic mass is 10.0. The first-order valence-electron chi connectivity index (χ1n) is 5.59. The van der Waals surface area contributed by atoms with Gasteiger partial charge in [0.1, 0.15) is 6.07 Å². The minimum absolute atomic E-state index is 0.388. The molecule has 0 atom stereocenters. The Kier molecular flexibility index (Phi) is 4.21. The van der Waals surface area contributed by atoms with E-state index in [4.69, 9.17) is 23.2 Å². The van der Waals surface area contributed by atoms with Crippen molar-refractivity contribution in [3.8, 4) is 6.07 Å². The molecule has 0 amide bonds. The summed E-state index contributed by atoms with van der Waals surface area (Å²) in [5.74, 6) is 0. The quantitative estimate of drug-likeness (QED) is 0.753. The van der Waals surface area contributed by atoms with Crippen LogP contribution < -0.4 is 0 Å². The smallest absolute Gasteiger partial charge is 0.101 e. The van der Waals surface area contributed by atoms with Crippen molar-refractivity contribution in [2.24, 2.45) is 0 Å². The van der Waals surface area contributed by atoms with Crippen LogP contribution in [-0.4, -0.2) is 4.98 Å². The molecule has 4 heteroatoms. The van der Waals surface area contributed by atoms with Crippen LogP contribution >= 0.6 is 23.2 Å². The summed E-state index contributed by atoms with van der Waals surface area (Å²) in [6.07, 6.45) is 3.25. The number of pyridine rings is 1. The van der Waals surface area contributed by atoms with Crippen LogP contribution in [0.5, 0.6) is 0 Å². The maximum atomic E-state index is 9.30. The number of aromatic nitrogens is 1. The van der Waals surface area contributed by atoms with Gasteiger partial charge in [0.25, 0.3) is 0 Å². The van der Waals surface area contributed by atoms with Gasteiger partial charge in [0.05, 0.1) is 10.6 Å². The molecule has 19 heavy (non-hydrogen) atoms. The van der Waals surface area contributed by atoms with Crippen LogP contribution in [0.1, 0.15) is 16.7 Å². The molecule has 1 heterocycles. The largest absolute Gasteiger partial charge is 0.265 e. The lowest BCUT2D eigenvalue weighted by molar-refractivity contribution is 1.32. The Morgan fingerprint density at radius 2 is 1.84 bits per heavy atom. The van der Waals surface area contributed by atoms with Crippen LogP contribution in [0, 0.1) is 18.3 Å². The predicted molar refractivity (Wildman–Crippen MR) is 78.7 cm³/mol. The van der Waals surface area contributed by atoms with E-state index in [0.717, 1.165) is 16.7 Å². The summed E-state index contributed by atoms with van der Waals surface area (Å²) in [7, 11) is 0. The highest BCUT2D eigenvalue weighted by Crippen LogP contribution is 2.31. The maximum Gasteiger partial charge on any atom is 0.101 e. The molecule has 0 aliphatic rings. The van der Waals surface area contributed by atoms with Crippen LogP contribution in [-0.2, 0) is 0 Å². The molecule has 0 spiro atoms. The van der Waals surface area contributed by atoms with E-state index in [0.29, 0.717) is 15.6 Å². The van der Waals surface area contributed by atoms with E-state index < -0.39 is 0 Å². The van der Waals surface area contributed by atoms with Gasteiger partial charge in [-0.25, -0.2) is 0 Å². The fraction of sp³-hybridized carbons (Fsp3) is 0.0667. The lowest BCUT2D eigenvalue weighted by Crippen LogP contribution is -1.88. The summed E-state index contributed by atoms with van der Waals surface area (Å²) in [6.45, 7) is 1.93. The molecule has 2 nitrogen and oxygen atoms in total. The zero-order chi connectivity index (χ0) is 13.8. The van der Waals surface area contributed by atoms with E-state index in [-0.39, 0.29) is 0 Å². The van der Waals surface area contributed by atoms with E-state index >= 15 is 0 Å². The first kappa shape index (κ1) is 13.6. The van der Waals surface area contributed by atoms with Gasteiger partial charge >= 0.3 is 0 Å². The number of aryl methyl sites for hydroxylation is 1. The van der Waals surface area contributed by atoms with Gasteiger partial charge in [-0.2, -0.15) is 5.26 Å². The minimum atomic E-state index is 0.388. The summed E-state index contributed by atoms with van der Waals surface area (Å²) in [4.78, 5) is 3.93. The molecule has 1 aromatic carbocycles. The average molecular weight is 289 g/mol. The Hall–Kier alpha value is -1.82. The van der Waals surface area contributed by atoms with Crippen LogP contribution in [0.3, 0.4) is 0 Å². The Bertz CT molecular complexity index is 650. The summed E-state index contributed by atoms with van der Waals surface area (Å²) < 4.78 is 0. The molecule has 2 aromatic rings. The molecule has 0 N–H and O–H groups in total. The number of hydrogen-bond donors (Lipinski definition) is 0. The van der Waals surface area contributed by atoms with Crippen LogP contribution in [0.4, 0.5) is 0 Å². The molecule has 94 valence electrons. The lowest BCUT2D eigenvalue weighted by Gasteiger charge is -2.06. The van der Waals surface area contributed by atoms with Gasteiger partial charge < -0.3 is 0 Å². The third-order valence-electron chi connectivity index (χ3n) is 2.60. The van der Waals surface area contributed by atoms with E-state index in [1.165, 1.54) is 0 Å². The maximum absolute atomic E-state index is 9.30. The Balaban J connectivity index is 2.59. The van der Waals surface area contributed by atoms with E-state index in [9.17, 15) is 5.26 Å². The van der Waals surface area contributed by atoms with Crippen LogP contribution in [0.15, 0.2) is 42.7 Å². The molecule has 0 aliphatic carbocycles. The normalized spacial score (nSPS) is 11.7. The second kappa shape index (κ2) is 5.88. The van der Waals surface area contributed by atoms with Crippen molar-refractivity contribution in [2.45, 2.75) is 6.92 Å². The summed E-state index contributed by atoms with van der Waals surface area (Å²) >= 11 is 12.3. The Morgan fingerprint density at radius 1 is 1.16 bits per heavy atom. The summed E-state index contributed by atoms with van der Waals surface area (Å²) in [6, 6.07) is 11.1. The van der Waals surface area contributed by atoms with Crippen molar-refractivity contribution in [3.05, 3.63) is 64.4 Å². The monoisotopic (exact) mass is 288 g/mol. The SMILES string of the molecule is Cc1cc(Cl)cc(/C(Cl)=C(/C#N)c2ccncc2)c1. The van der Waals surface area contributed by atoms with Gasteiger partial charge in [-0.1, -0.05) is 29.3 Å². The predicted octanol–water partition coefficient (Wildman–Crippen LogP) is 4.67. The molecular formula is C15H10Cl2N2. The third kappa shape index (κ3) is 3.14. The molecular weight excluding hydrogens is 279 g/mol. The molecule has 0 aliphatic heterocycles. The van der Waals surface area contributed by atoms with Crippen molar-refractivity contribution in [1.82, 2.24) is 4.98 Å². The molecule has 0 saturated heterocycles. The fourth-order valence-corrected chi connectivity index (χ4v) is 2.32. The van der Waals surface area contributed by atoms with Gasteiger partial charge in [0.15, 0.2) is 0 Å². The van der Waals surface area contributed by atoms with Crippen molar-refractivity contribution >= 4 is 33.8 Å². The third-order valence-corrected chi connectivity index (χ3v) is 3.22. The molecule has 0 unspecified atom stereocenters. The second-order valence-electron chi connectivity index (χ2n) is 4.05. The number of rotatable bonds is 2. The topological polar surface area (TPSA) is 36.7 Å². The summed E-state index contributed by atoms with van der Waals surface area (Å²) in [5, 5.41) is 10.3. The van der Waals surface area contributed by atoms with Gasteiger partial charge in [-0.05, 0) is 47.9 Å². The number of allylic oxidation sites excluding steroid dienone is 1. The van der Waals surface area contributed by atoms with Gasteiger partial charge in [-0.15, -0.1) is 0 Å². The Morgan fingerprint density at radius 3 is 2.42 bits per heavy atom. The van der Waals surface area contributed by atoms with Gasteiger partial charge in [0, 0.05) is 17.4 Å². The number of halogens is 2. The van der Waals surface area contributed by atoms with Gasteiger partial charge in [-0.3, -0.25) is 4.98 Å². The highest BCUT2D eigenvalue weighted by molar-refractivity contribution is 6.53. The number of nitrogens with zero attached hydrogens (tertiary/aromatic N) is 2. The molecule has 1 aromatic heterocycles. The number of benzene rings is 1. The molecule has 2 rings (SSSR count). The Labute approximate surface area is 121 Å². The highest BCUT2D eigenvalue weighted by Gasteiger charge is 2.10. The fourth-order valence-electron chi connectivity index (χ4n) is 1.77. The summed E-state index contributed by atoms with van der Waals surface area (Å²) in [5.41, 5.74) is 2.87.